The summed E-state index contributed by atoms with van der Waals surface area (Å²) < 4.78 is 26.6. The summed E-state index contributed by atoms with van der Waals surface area (Å²) in [5, 5.41) is 0. The Morgan fingerprint density at radius 3 is 1.63 bits per heavy atom. The van der Waals surface area contributed by atoms with E-state index in [0.29, 0.717) is 17.2 Å². The van der Waals surface area contributed by atoms with Crippen LogP contribution in [0.25, 0.3) is 0 Å². The highest BCUT2D eigenvalue weighted by molar-refractivity contribution is 5.52. The Balaban J connectivity index is 3.24. The normalized spacial score (nSPS) is 12.4. The van der Waals surface area contributed by atoms with Gasteiger partial charge in [-0.25, -0.2) is 0 Å². The minimum atomic E-state index is -0.355. The van der Waals surface area contributed by atoms with E-state index in [1.165, 1.54) is 0 Å². The lowest BCUT2D eigenvalue weighted by molar-refractivity contribution is -0.115. The molecule has 0 radical (unpaired) electrons. The Morgan fingerprint density at radius 2 is 1.21 bits per heavy atom. The van der Waals surface area contributed by atoms with Crippen LogP contribution in [0.2, 0.25) is 0 Å². The van der Waals surface area contributed by atoms with Crippen molar-refractivity contribution in [3.8, 4) is 17.2 Å². The molecule has 0 amide bonds. The van der Waals surface area contributed by atoms with Crippen LogP contribution in [0.3, 0.4) is 0 Å². The van der Waals surface area contributed by atoms with Gasteiger partial charge < -0.3 is 23.7 Å². The first-order valence-electron chi connectivity index (χ1n) is 5.98. The van der Waals surface area contributed by atoms with Crippen molar-refractivity contribution >= 4 is 0 Å². The average molecular weight is 270 g/mol. The number of hydrogen-bond donors (Lipinski definition) is 0. The van der Waals surface area contributed by atoms with Crippen LogP contribution in [0.5, 0.6) is 17.2 Å². The summed E-state index contributed by atoms with van der Waals surface area (Å²) in [4.78, 5) is 0. The molecule has 0 fully saturated rings. The first-order valence-corrected chi connectivity index (χ1v) is 5.98. The largest absolute Gasteiger partial charge is 0.496 e. The average Bonchev–Trinajstić information content (AvgIpc) is 2.46. The van der Waals surface area contributed by atoms with E-state index in [0.717, 1.165) is 5.56 Å². The van der Waals surface area contributed by atoms with E-state index in [9.17, 15) is 0 Å². The SMILES string of the molecule is COc1cc(OC)c([C@@H](C)C(OC)OC)cc1OC. The zero-order valence-electron chi connectivity index (χ0n) is 12.4. The summed E-state index contributed by atoms with van der Waals surface area (Å²) in [6.45, 7) is 2.00. The molecule has 0 saturated heterocycles. The molecular weight excluding hydrogens is 248 g/mol. The Hall–Kier alpha value is -1.46. The van der Waals surface area contributed by atoms with Crippen LogP contribution in [-0.4, -0.2) is 41.8 Å². The molecule has 1 atom stereocenters. The monoisotopic (exact) mass is 270 g/mol. The van der Waals surface area contributed by atoms with E-state index in [1.807, 2.05) is 13.0 Å². The fraction of sp³-hybridized carbons (Fsp3) is 0.571. The van der Waals surface area contributed by atoms with Crippen molar-refractivity contribution in [1.82, 2.24) is 0 Å². The molecule has 0 unspecified atom stereocenters. The fourth-order valence-electron chi connectivity index (χ4n) is 2.06. The van der Waals surface area contributed by atoms with Gasteiger partial charge in [0.25, 0.3) is 0 Å². The molecule has 0 aliphatic rings. The van der Waals surface area contributed by atoms with Gasteiger partial charge in [-0.1, -0.05) is 6.92 Å². The van der Waals surface area contributed by atoms with E-state index >= 15 is 0 Å². The van der Waals surface area contributed by atoms with Gasteiger partial charge in [0.2, 0.25) is 0 Å². The maximum absolute atomic E-state index is 5.40. The fourth-order valence-corrected chi connectivity index (χ4v) is 2.06. The maximum atomic E-state index is 5.40. The molecule has 0 spiro atoms. The molecule has 1 aromatic rings. The lowest BCUT2D eigenvalue weighted by Gasteiger charge is -2.24. The third kappa shape index (κ3) is 3.30. The molecule has 0 aliphatic heterocycles. The molecule has 0 bridgehead atoms. The van der Waals surface area contributed by atoms with Crippen LogP contribution in [-0.2, 0) is 9.47 Å². The quantitative estimate of drug-likeness (QED) is 0.712. The number of methoxy groups -OCH3 is 5. The molecule has 0 heterocycles. The summed E-state index contributed by atoms with van der Waals surface area (Å²) in [6, 6.07) is 3.68. The summed E-state index contributed by atoms with van der Waals surface area (Å²) in [6.07, 6.45) is -0.355. The van der Waals surface area contributed by atoms with Gasteiger partial charge in [-0.15, -0.1) is 0 Å². The van der Waals surface area contributed by atoms with Gasteiger partial charge in [-0.2, -0.15) is 0 Å². The van der Waals surface area contributed by atoms with Crippen molar-refractivity contribution in [1.29, 1.82) is 0 Å². The zero-order valence-corrected chi connectivity index (χ0v) is 12.4. The van der Waals surface area contributed by atoms with Crippen molar-refractivity contribution < 1.29 is 23.7 Å². The highest BCUT2D eigenvalue weighted by atomic mass is 16.7. The maximum Gasteiger partial charge on any atom is 0.164 e. The Bertz CT molecular complexity index is 401. The molecule has 1 rings (SSSR count). The summed E-state index contributed by atoms with van der Waals surface area (Å²) >= 11 is 0. The first-order chi connectivity index (χ1) is 9.12. The van der Waals surface area contributed by atoms with Crippen LogP contribution in [0.1, 0.15) is 18.4 Å². The van der Waals surface area contributed by atoms with Crippen molar-refractivity contribution in [3.05, 3.63) is 17.7 Å². The minimum absolute atomic E-state index is 0.00949. The topological polar surface area (TPSA) is 46.2 Å². The van der Waals surface area contributed by atoms with Gasteiger partial charge in [0.05, 0.1) is 21.3 Å². The predicted octanol–water partition coefficient (Wildman–Crippen LogP) is 2.43. The van der Waals surface area contributed by atoms with Crippen LogP contribution in [0.4, 0.5) is 0 Å². The second kappa shape index (κ2) is 7.21. The Labute approximate surface area is 114 Å². The minimum Gasteiger partial charge on any atom is -0.496 e. The number of benzene rings is 1. The molecule has 0 N–H and O–H groups in total. The number of hydrogen-bond acceptors (Lipinski definition) is 5. The smallest absolute Gasteiger partial charge is 0.164 e. The summed E-state index contributed by atoms with van der Waals surface area (Å²) in [5.74, 6) is 1.98. The van der Waals surface area contributed by atoms with Gasteiger partial charge >= 0.3 is 0 Å². The molecule has 19 heavy (non-hydrogen) atoms. The standard InChI is InChI=1S/C14H22O5/c1-9(14(18-5)19-6)10-7-12(16-3)13(17-4)8-11(10)15-2/h7-9,14H,1-6H3/t9-/m1/s1. The Kier molecular flexibility index (Phi) is 5.92. The van der Waals surface area contributed by atoms with Gasteiger partial charge in [0.1, 0.15) is 5.75 Å². The van der Waals surface area contributed by atoms with E-state index in [-0.39, 0.29) is 12.2 Å². The highest BCUT2D eigenvalue weighted by Gasteiger charge is 2.23. The molecule has 1 aromatic carbocycles. The van der Waals surface area contributed by atoms with Crippen LogP contribution in [0, 0.1) is 0 Å². The van der Waals surface area contributed by atoms with Crippen molar-refractivity contribution in [3.63, 3.8) is 0 Å². The third-order valence-electron chi connectivity index (χ3n) is 3.10. The van der Waals surface area contributed by atoms with Gasteiger partial charge in [-0.05, 0) is 6.07 Å². The van der Waals surface area contributed by atoms with E-state index in [4.69, 9.17) is 23.7 Å². The van der Waals surface area contributed by atoms with Crippen molar-refractivity contribution in [2.45, 2.75) is 19.1 Å². The van der Waals surface area contributed by atoms with E-state index < -0.39 is 0 Å². The lowest BCUT2D eigenvalue weighted by Crippen LogP contribution is -2.21. The highest BCUT2D eigenvalue weighted by Crippen LogP contribution is 2.39. The van der Waals surface area contributed by atoms with E-state index in [1.54, 1.807) is 41.6 Å². The van der Waals surface area contributed by atoms with Crippen molar-refractivity contribution in [2.75, 3.05) is 35.5 Å². The number of ether oxygens (including phenoxy) is 5. The number of rotatable bonds is 7. The van der Waals surface area contributed by atoms with Crippen LogP contribution >= 0.6 is 0 Å². The summed E-state index contributed by atoms with van der Waals surface area (Å²) in [7, 11) is 8.03. The molecular formula is C14H22O5. The van der Waals surface area contributed by atoms with Crippen LogP contribution in [0.15, 0.2) is 12.1 Å². The second-order valence-electron chi connectivity index (χ2n) is 4.08. The first kappa shape index (κ1) is 15.6. The summed E-state index contributed by atoms with van der Waals surface area (Å²) in [5.41, 5.74) is 0.939. The molecule has 0 saturated carbocycles. The van der Waals surface area contributed by atoms with Gasteiger partial charge in [0, 0.05) is 31.8 Å². The molecule has 5 heteroatoms. The molecule has 0 aromatic heterocycles. The third-order valence-corrected chi connectivity index (χ3v) is 3.10. The Morgan fingerprint density at radius 1 is 0.737 bits per heavy atom. The molecule has 108 valence electrons. The van der Waals surface area contributed by atoms with E-state index in [2.05, 4.69) is 0 Å². The van der Waals surface area contributed by atoms with Gasteiger partial charge in [-0.3, -0.25) is 0 Å². The zero-order chi connectivity index (χ0) is 14.4. The predicted molar refractivity (Wildman–Crippen MR) is 72.3 cm³/mol. The molecule has 0 aliphatic carbocycles. The second-order valence-corrected chi connectivity index (χ2v) is 4.08. The van der Waals surface area contributed by atoms with Crippen molar-refractivity contribution in [2.24, 2.45) is 0 Å². The van der Waals surface area contributed by atoms with Crippen LogP contribution < -0.4 is 14.2 Å². The molecule has 5 nitrogen and oxygen atoms in total. The van der Waals surface area contributed by atoms with Gasteiger partial charge in [0.15, 0.2) is 17.8 Å². The lowest BCUT2D eigenvalue weighted by atomic mass is 9.98.